The largest absolute Gasteiger partial charge is 0.326 e. The first-order chi connectivity index (χ1) is 9.65. The fourth-order valence-electron chi connectivity index (χ4n) is 2.35. The van der Waals surface area contributed by atoms with Gasteiger partial charge in [-0.3, -0.25) is 4.79 Å². The van der Waals surface area contributed by atoms with Gasteiger partial charge in [-0.15, -0.1) is 10.2 Å². The van der Waals surface area contributed by atoms with Gasteiger partial charge in [-0.25, -0.2) is 0 Å². The average Bonchev–Trinajstić information content (AvgIpc) is 2.91. The Labute approximate surface area is 115 Å². The Kier molecular flexibility index (Phi) is 3.19. The van der Waals surface area contributed by atoms with E-state index in [1.54, 1.807) is 0 Å². The highest BCUT2D eigenvalue weighted by molar-refractivity contribution is 5.92. The number of rotatable bonds is 4. The maximum atomic E-state index is 12.0. The van der Waals surface area contributed by atoms with E-state index in [1.165, 1.54) is 0 Å². The van der Waals surface area contributed by atoms with Crippen molar-refractivity contribution in [1.82, 2.24) is 20.6 Å². The van der Waals surface area contributed by atoms with Crippen LogP contribution in [0.2, 0.25) is 0 Å². The first-order valence-electron chi connectivity index (χ1n) is 6.57. The highest BCUT2D eigenvalue weighted by Gasteiger charge is 2.34. The van der Waals surface area contributed by atoms with Gasteiger partial charge in [-0.1, -0.05) is 12.1 Å². The zero-order chi connectivity index (χ0) is 14.0. The molecule has 1 fully saturated rings. The molecule has 20 heavy (non-hydrogen) atoms. The lowest BCUT2D eigenvalue weighted by Gasteiger charge is -2.37. The molecule has 0 bridgehead atoms. The molecule has 0 spiro atoms. The molecule has 7 nitrogen and oxygen atoms in total. The maximum absolute atomic E-state index is 12.0. The molecule has 1 saturated carbocycles. The number of carbonyl (C=O) groups excluding carboxylic acids is 1. The van der Waals surface area contributed by atoms with Crippen molar-refractivity contribution in [3.63, 3.8) is 0 Å². The van der Waals surface area contributed by atoms with Crippen molar-refractivity contribution in [1.29, 1.82) is 0 Å². The molecule has 0 saturated heterocycles. The lowest BCUT2D eigenvalue weighted by molar-refractivity contribution is -0.118. The average molecular weight is 272 g/mol. The molecule has 1 aromatic heterocycles. The van der Waals surface area contributed by atoms with Crippen LogP contribution in [0.25, 0.3) is 11.4 Å². The van der Waals surface area contributed by atoms with Crippen LogP contribution in [0.15, 0.2) is 24.3 Å². The number of nitrogens with one attached hydrogen (secondary N) is 2. The van der Waals surface area contributed by atoms with Crippen molar-refractivity contribution in [2.24, 2.45) is 5.73 Å². The highest BCUT2D eigenvalue weighted by Crippen LogP contribution is 2.32. The summed E-state index contributed by atoms with van der Waals surface area (Å²) in [6.07, 6.45) is 3.31. The second-order valence-corrected chi connectivity index (χ2v) is 5.26. The van der Waals surface area contributed by atoms with E-state index >= 15 is 0 Å². The predicted molar refractivity (Wildman–Crippen MR) is 73.6 cm³/mol. The van der Waals surface area contributed by atoms with Crippen molar-refractivity contribution >= 4 is 11.6 Å². The Balaban J connectivity index is 1.68. The topological polar surface area (TPSA) is 110 Å². The molecule has 104 valence electrons. The van der Waals surface area contributed by atoms with Crippen LogP contribution in [-0.4, -0.2) is 32.1 Å². The number of amides is 1. The molecule has 1 aliphatic carbocycles. The number of anilines is 1. The van der Waals surface area contributed by atoms with E-state index < -0.39 is 0 Å². The summed E-state index contributed by atoms with van der Waals surface area (Å²) < 4.78 is 0. The van der Waals surface area contributed by atoms with Crippen LogP contribution in [0.3, 0.4) is 0 Å². The van der Waals surface area contributed by atoms with Crippen molar-refractivity contribution in [3.8, 4) is 11.4 Å². The number of benzene rings is 1. The molecule has 7 heteroatoms. The molecule has 1 aromatic carbocycles. The number of nitrogens with zero attached hydrogens (tertiary/aromatic N) is 3. The minimum Gasteiger partial charge on any atom is -0.326 e. The fourth-order valence-corrected chi connectivity index (χ4v) is 2.35. The molecule has 0 aliphatic heterocycles. The summed E-state index contributed by atoms with van der Waals surface area (Å²) in [4.78, 5) is 12.0. The van der Waals surface area contributed by atoms with E-state index in [2.05, 4.69) is 25.9 Å². The number of aromatic nitrogens is 4. The normalized spacial score (nSPS) is 16.4. The van der Waals surface area contributed by atoms with Crippen LogP contribution in [0.5, 0.6) is 0 Å². The summed E-state index contributed by atoms with van der Waals surface area (Å²) in [7, 11) is 0. The summed E-state index contributed by atoms with van der Waals surface area (Å²) in [5, 5.41) is 16.6. The smallest absolute Gasteiger partial charge is 0.226 e. The third-order valence-electron chi connectivity index (χ3n) is 3.61. The minimum absolute atomic E-state index is 0.0579. The zero-order valence-corrected chi connectivity index (χ0v) is 11.0. The molecule has 1 aliphatic rings. The van der Waals surface area contributed by atoms with Crippen molar-refractivity contribution < 1.29 is 4.79 Å². The number of carbonyl (C=O) groups is 1. The van der Waals surface area contributed by atoms with Crippen LogP contribution in [-0.2, 0) is 4.79 Å². The van der Waals surface area contributed by atoms with Gasteiger partial charge in [0.1, 0.15) is 0 Å². The first kappa shape index (κ1) is 12.7. The Bertz CT molecular complexity index is 605. The van der Waals surface area contributed by atoms with Gasteiger partial charge in [0, 0.05) is 23.2 Å². The lowest BCUT2D eigenvalue weighted by Crippen LogP contribution is -2.48. The van der Waals surface area contributed by atoms with Gasteiger partial charge in [0.05, 0.1) is 0 Å². The molecule has 1 amide bonds. The molecule has 2 aromatic rings. The lowest BCUT2D eigenvalue weighted by atomic mass is 9.75. The molecule has 0 atom stereocenters. The Morgan fingerprint density at radius 2 is 2.30 bits per heavy atom. The van der Waals surface area contributed by atoms with Crippen molar-refractivity contribution in [2.75, 3.05) is 5.32 Å². The van der Waals surface area contributed by atoms with E-state index in [0.29, 0.717) is 17.9 Å². The summed E-state index contributed by atoms with van der Waals surface area (Å²) >= 11 is 0. The molecular weight excluding hydrogens is 256 g/mol. The predicted octanol–water partition coefficient (Wildman–Crippen LogP) is 1.08. The molecule has 0 unspecified atom stereocenters. The Morgan fingerprint density at radius 1 is 1.45 bits per heavy atom. The third-order valence-corrected chi connectivity index (χ3v) is 3.61. The summed E-state index contributed by atoms with van der Waals surface area (Å²) in [5.74, 6) is 0.438. The van der Waals surface area contributed by atoms with Gasteiger partial charge in [-0.05, 0) is 36.6 Å². The number of hydrogen-bond donors (Lipinski definition) is 3. The number of hydrogen-bond acceptors (Lipinski definition) is 5. The number of aromatic amines is 1. The molecule has 0 radical (unpaired) electrons. The van der Waals surface area contributed by atoms with Crippen LogP contribution in [0.4, 0.5) is 5.69 Å². The van der Waals surface area contributed by atoms with Crippen molar-refractivity contribution in [3.05, 3.63) is 24.3 Å². The summed E-state index contributed by atoms with van der Waals surface area (Å²) in [5.41, 5.74) is 7.26. The fraction of sp³-hybridized carbons (Fsp3) is 0.385. The number of tetrazole rings is 1. The van der Waals surface area contributed by atoms with Gasteiger partial charge >= 0.3 is 0 Å². The second-order valence-electron chi connectivity index (χ2n) is 5.26. The van der Waals surface area contributed by atoms with E-state index in [9.17, 15) is 4.79 Å². The van der Waals surface area contributed by atoms with E-state index in [0.717, 1.165) is 24.8 Å². The van der Waals surface area contributed by atoms with Gasteiger partial charge in [-0.2, -0.15) is 5.21 Å². The Hall–Kier alpha value is -2.28. The standard InChI is InChI=1S/C13H16N6O/c14-13(5-2-6-13)8-11(20)15-10-4-1-3-9(7-10)12-16-18-19-17-12/h1,3-4,7H,2,5-6,8,14H2,(H,15,20)(H,16,17,18,19). The monoisotopic (exact) mass is 272 g/mol. The first-order valence-corrected chi connectivity index (χ1v) is 6.57. The molecular formula is C13H16N6O. The molecule has 3 rings (SSSR count). The van der Waals surface area contributed by atoms with Gasteiger partial charge < -0.3 is 11.1 Å². The number of nitrogens with two attached hydrogens (primary N) is 1. The van der Waals surface area contributed by atoms with Crippen LogP contribution in [0, 0.1) is 0 Å². The van der Waals surface area contributed by atoms with Gasteiger partial charge in [0.2, 0.25) is 11.7 Å². The molecule has 1 heterocycles. The van der Waals surface area contributed by atoms with E-state index in [1.807, 2.05) is 24.3 Å². The Morgan fingerprint density at radius 3 is 2.95 bits per heavy atom. The van der Waals surface area contributed by atoms with E-state index in [4.69, 9.17) is 5.73 Å². The third kappa shape index (κ3) is 2.67. The SMILES string of the molecule is NC1(CC(=O)Nc2cccc(-c3nn[nH]n3)c2)CCC1. The zero-order valence-electron chi connectivity index (χ0n) is 11.0. The molecule has 4 N–H and O–H groups in total. The summed E-state index contributed by atoms with van der Waals surface area (Å²) in [6, 6.07) is 7.33. The van der Waals surface area contributed by atoms with Crippen LogP contribution >= 0.6 is 0 Å². The van der Waals surface area contributed by atoms with Gasteiger partial charge in [0.25, 0.3) is 0 Å². The van der Waals surface area contributed by atoms with E-state index in [-0.39, 0.29) is 11.4 Å². The second kappa shape index (κ2) is 5.01. The minimum atomic E-state index is -0.310. The van der Waals surface area contributed by atoms with Gasteiger partial charge in [0.15, 0.2) is 0 Å². The van der Waals surface area contributed by atoms with Crippen LogP contribution < -0.4 is 11.1 Å². The highest BCUT2D eigenvalue weighted by atomic mass is 16.1. The van der Waals surface area contributed by atoms with Crippen molar-refractivity contribution in [2.45, 2.75) is 31.2 Å². The summed E-state index contributed by atoms with van der Waals surface area (Å²) in [6.45, 7) is 0. The van der Waals surface area contributed by atoms with Crippen LogP contribution in [0.1, 0.15) is 25.7 Å². The number of H-pyrrole nitrogens is 1. The maximum Gasteiger partial charge on any atom is 0.226 e. The quantitative estimate of drug-likeness (QED) is 0.771.